The van der Waals surface area contributed by atoms with Crippen molar-refractivity contribution in [2.45, 2.75) is 83.9 Å². The van der Waals surface area contributed by atoms with E-state index >= 15 is 0 Å². The van der Waals surface area contributed by atoms with Gasteiger partial charge in [-0.3, -0.25) is 24.4 Å². The van der Waals surface area contributed by atoms with Crippen LogP contribution in [0, 0.1) is 25.2 Å². The number of halogens is 1. The largest absolute Gasteiger partial charge is 0.493 e. The van der Waals surface area contributed by atoms with E-state index in [0.717, 1.165) is 52.0 Å². The SMILES string of the molecule is Cc1c(COc2cc(OCc3cncc(C#N)c3)c(CN3CCCC[C@H]3C(=O)O)cc2Cl)cccc1-c1cccc(OCCCN2C[C@@H](O)C[C@H]2C(=O)O)c1C. The Morgan fingerprint density at radius 1 is 0.875 bits per heavy atom. The maximum Gasteiger partial charge on any atom is 0.321 e. The topological polar surface area (TPSA) is 166 Å². The second kappa shape index (κ2) is 18.6. The van der Waals surface area contributed by atoms with Gasteiger partial charge in [0.25, 0.3) is 0 Å². The Hall–Kier alpha value is -5.19. The number of β-amino-alcohol motifs (C(OH)–C–C–N with tert-alkyl or cyclic N) is 1. The second-order valence-corrected chi connectivity index (χ2v) is 14.8. The van der Waals surface area contributed by atoms with Gasteiger partial charge in [-0.2, -0.15) is 5.26 Å². The summed E-state index contributed by atoms with van der Waals surface area (Å²) in [4.78, 5) is 31.5. The summed E-state index contributed by atoms with van der Waals surface area (Å²) in [6.45, 7) is 6.67. The quantitative estimate of drug-likeness (QED) is 0.102. The number of hydrogen-bond acceptors (Lipinski definition) is 10. The van der Waals surface area contributed by atoms with Crippen molar-refractivity contribution in [2.75, 3.05) is 26.2 Å². The molecule has 2 aliphatic rings. The zero-order valence-electron chi connectivity index (χ0n) is 31.6. The van der Waals surface area contributed by atoms with Gasteiger partial charge in [0.05, 0.1) is 23.3 Å². The molecule has 12 nitrogen and oxygen atoms in total. The van der Waals surface area contributed by atoms with Crippen molar-refractivity contribution < 1.29 is 39.1 Å². The molecule has 56 heavy (non-hydrogen) atoms. The molecule has 4 aromatic rings. The van der Waals surface area contributed by atoms with E-state index in [1.807, 2.05) is 43.0 Å². The molecule has 0 spiro atoms. The summed E-state index contributed by atoms with van der Waals surface area (Å²) < 4.78 is 18.8. The van der Waals surface area contributed by atoms with E-state index in [0.29, 0.717) is 73.3 Å². The maximum absolute atomic E-state index is 12.1. The number of carboxylic acids is 2. The van der Waals surface area contributed by atoms with Gasteiger partial charge >= 0.3 is 11.9 Å². The van der Waals surface area contributed by atoms with Crippen LogP contribution < -0.4 is 14.2 Å². The van der Waals surface area contributed by atoms with Gasteiger partial charge in [-0.1, -0.05) is 48.4 Å². The predicted molar refractivity (Wildman–Crippen MR) is 210 cm³/mol. The number of hydrogen-bond donors (Lipinski definition) is 3. The van der Waals surface area contributed by atoms with E-state index in [9.17, 15) is 30.2 Å². The van der Waals surface area contributed by atoms with Crippen LogP contribution in [-0.4, -0.2) is 86.5 Å². The Bertz CT molecular complexity index is 2090. The Morgan fingerprint density at radius 2 is 1.62 bits per heavy atom. The summed E-state index contributed by atoms with van der Waals surface area (Å²) >= 11 is 6.85. The van der Waals surface area contributed by atoms with Crippen molar-refractivity contribution in [3.8, 4) is 34.4 Å². The number of nitriles is 1. The molecular weight excluding hydrogens is 736 g/mol. The monoisotopic (exact) mass is 782 g/mol. The number of ether oxygens (including phenoxy) is 3. The number of pyridine rings is 1. The molecular formula is C43H47ClN4O8. The highest BCUT2D eigenvalue weighted by atomic mass is 35.5. The van der Waals surface area contributed by atoms with Crippen LogP contribution in [0.5, 0.6) is 17.2 Å². The molecule has 0 aliphatic carbocycles. The molecule has 1 aromatic heterocycles. The highest BCUT2D eigenvalue weighted by Crippen LogP contribution is 2.37. The van der Waals surface area contributed by atoms with E-state index in [2.05, 4.69) is 23.2 Å². The Labute approximate surface area is 331 Å². The highest BCUT2D eigenvalue weighted by Gasteiger charge is 2.35. The molecule has 3 atom stereocenters. The summed E-state index contributed by atoms with van der Waals surface area (Å²) in [5.74, 6) is -0.107. The predicted octanol–water partition coefficient (Wildman–Crippen LogP) is 6.78. The maximum atomic E-state index is 12.1. The van der Waals surface area contributed by atoms with Gasteiger partial charge in [0.15, 0.2) is 0 Å². The molecule has 3 heterocycles. The number of benzene rings is 3. The summed E-state index contributed by atoms with van der Waals surface area (Å²) in [6, 6.07) is 18.0. The first-order chi connectivity index (χ1) is 27.0. The number of carbonyl (C=O) groups is 2. The third kappa shape index (κ3) is 9.78. The van der Waals surface area contributed by atoms with Crippen LogP contribution in [0.15, 0.2) is 67.0 Å². The molecule has 2 fully saturated rings. The molecule has 2 saturated heterocycles. The van der Waals surface area contributed by atoms with Crippen LogP contribution in [0.25, 0.3) is 11.1 Å². The number of aliphatic carboxylic acids is 2. The molecule has 294 valence electrons. The summed E-state index contributed by atoms with van der Waals surface area (Å²) in [5, 5.41) is 39.1. The number of piperidine rings is 1. The van der Waals surface area contributed by atoms with Gasteiger partial charge < -0.3 is 29.5 Å². The van der Waals surface area contributed by atoms with Gasteiger partial charge in [-0.05, 0) is 85.7 Å². The van der Waals surface area contributed by atoms with Crippen LogP contribution in [0.2, 0.25) is 5.02 Å². The number of rotatable bonds is 16. The van der Waals surface area contributed by atoms with Crippen molar-refractivity contribution in [3.63, 3.8) is 0 Å². The Balaban J connectivity index is 1.17. The number of likely N-dealkylation sites (tertiary alicyclic amines) is 2. The third-order valence-electron chi connectivity index (χ3n) is 10.6. The fraction of sp³-hybridized carbons (Fsp3) is 0.395. The molecule has 3 aromatic carbocycles. The minimum Gasteiger partial charge on any atom is -0.493 e. The normalized spacial score (nSPS) is 18.7. The molecule has 0 bridgehead atoms. The molecule has 0 unspecified atom stereocenters. The number of aliphatic hydroxyl groups excluding tert-OH is 1. The van der Waals surface area contributed by atoms with Gasteiger partial charge in [-0.25, -0.2) is 0 Å². The Kier molecular flexibility index (Phi) is 13.5. The van der Waals surface area contributed by atoms with Crippen molar-refractivity contribution in [1.29, 1.82) is 5.26 Å². The van der Waals surface area contributed by atoms with Crippen molar-refractivity contribution in [1.82, 2.24) is 14.8 Å². The van der Waals surface area contributed by atoms with Crippen molar-refractivity contribution in [2.24, 2.45) is 0 Å². The van der Waals surface area contributed by atoms with Gasteiger partial charge in [-0.15, -0.1) is 0 Å². The average Bonchev–Trinajstić information content (AvgIpc) is 3.57. The standard InChI is InChI=1S/C43H47ClN4O8/c1-27-31(8-5-9-34(27)35-10-6-12-39(28(35)2)54-15-7-14-48-24-33(49)18-38(48)43(52)53)26-56-41-19-40(55-25-30-16-29(20-45)21-46-22-30)32(17-36(41)44)23-47-13-4-3-11-37(47)42(50)51/h5-6,8-10,12,16-17,19,21-22,33,37-38,49H,3-4,7,11,13-15,18,23-26H2,1-2H3,(H,50,51)(H,52,53)/t33-,37-,38-/m0/s1. The van der Waals surface area contributed by atoms with Gasteiger partial charge in [0.2, 0.25) is 0 Å². The van der Waals surface area contributed by atoms with Gasteiger partial charge in [0, 0.05) is 55.6 Å². The molecule has 13 heteroatoms. The first-order valence-corrected chi connectivity index (χ1v) is 19.2. The van der Waals surface area contributed by atoms with E-state index < -0.39 is 30.1 Å². The summed E-state index contributed by atoms with van der Waals surface area (Å²) in [7, 11) is 0. The second-order valence-electron chi connectivity index (χ2n) is 14.4. The zero-order valence-corrected chi connectivity index (χ0v) is 32.4. The first kappa shape index (κ1) is 40.5. The molecule has 6 rings (SSSR count). The molecule has 3 N–H and O–H groups in total. The smallest absolute Gasteiger partial charge is 0.321 e. The van der Waals surface area contributed by atoms with E-state index in [-0.39, 0.29) is 19.6 Å². The lowest BCUT2D eigenvalue weighted by atomic mass is 9.93. The highest BCUT2D eigenvalue weighted by molar-refractivity contribution is 6.32. The van der Waals surface area contributed by atoms with Crippen LogP contribution in [-0.2, 0) is 29.3 Å². The Morgan fingerprint density at radius 3 is 2.39 bits per heavy atom. The van der Waals surface area contributed by atoms with Crippen molar-refractivity contribution in [3.05, 3.63) is 105 Å². The third-order valence-corrected chi connectivity index (χ3v) is 10.9. The number of aromatic nitrogens is 1. The fourth-order valence-electron chi connectivity index (χ4n) is 7.59. The number of aliphatic hydroxyl groups is 1. The lowest BCUT2D eigenvalue weighted by Crippen LogP contribution is -2.44. The average molecular weight is 783 g/mol. The van der Waals surface area contributed by atoms with E-state index in [1.54, 1.807) is 29.3 Å². The summed E-state index contributed by atoms with van der Waals surface area (Å²) in [5.41, 5.74) is 6.86. The zero-order chi connectivity index (χ0) is 39.8. The number of nitrogens with zero attached hydrogens (tertiary/aromatic N) is 4. The van der Waals surface area contributed by atoms with Gasteiger partial charge in [0.1, 0.15) is 48.6 Å². The first-order valence-electron chi connectivity index (χ1n) is 18.9. The van der Waals surface area contributed by atoms with Crippen LogP contribution in [0.4, 0.5) is 0 Å². The van der Waals surface area contributed by atoms with Crippen molar-refractivity contribution >= 4 is 23.5 Å². The molecule has 2 aliphatic heterocycles. The van der Waals surface area contributed by atoms with E-state index in [1.165, 1.54) is 6.20 Å². The van der Waals surface area contributed by atoms with Crippen LogP contribution in [0.3, 0.4) is 0 Å². The lowest BCUT2D eigenvalue weighted by Gasteiger charge is -2.33. The summed E-state index contributed by atoms with van der Waals surface area (Å²) in [6.07, 6.45) is 5.69. The van der Waals surface area contributed by atoms with E-state index in [4.69, 9.17) is 25.8 Å². The lowest BCUT2D eigenvalue weighted by molar-refractivity contribution is -0.145. The molecule has 0 radical (unpaired) electrons. The minimum absolute atomic E-state index is 0.135. The van der Waals surface area contributed by atoms with Crippen LogP contribution >= 0.6 is 11.6 Å². The van der Waals surface area contributed by atoms with Crippen LogP contribution in [0.1, 0.15) is 65.5 Å². The molecule has 0 saturated carbocycles. The molecule has 0 amide bonds. The minimum atomic E-state index is -0.914. The fourth-order valence-corrected chi connectivity index (χ4v) is 7.84. The number of carboxylic acid groups (broad SMARTS) is 2.